The van der Waals surface area contributed by atoms with E-state index in [4.69, 9.17) is 0 Å². The molecule has 0 aliphatic rings. The second-order valence-corrected chi connectivity index (χ2v) is 4.96. The Morgan fingerprint density at radius 2 is 2.12 bits per heavy atom. The van der Waals surface area contributed by atoms with E-state index < -0.39 is 0 Å². The fourth-order valence-electron chi connectivity index (χ4n) is 1.85. The zero-order valence-electron chi connectivity index (χ0n) is 11.1. The van der Waals surface area contributed by atoms with Gasteiger partial charge in [-0.05, 0) is 51.3 Å². The van der Waals surface area contributed by atoms with Crippen molar-refractivity contribution in [1.82, 2.24) is 15.1 Å². The second-order valence-electron chi connectivity index (χ2n) is 4.96. The summed E-state index contributed by atoms with van der Waals surface area (Å²) in [6.07, 6.45) is 3.63. The molecule has 1 heterocycles. The summed E-state index contributed by atoms with van der Waals surface area (Å²) < 4.78 is 2.00. The van der Waals surface area contributed by atoms with E-state index in [-0.39, 0.29) is 0 Å². The van der Waals surface area contributed by atoms with Crippen molar-refractivity contribution < 1.29 is 0 Å². The van der Waals surface area contributed by atoms with Gasteiger partial charge < -0.3 is 5.32 Å². The zero-order valence-corrected chi connectivity index (χ0v) is 11.1. The molecule has 0 aliphatic heterocycles. The maximum atomic E-state index is 4.35. The van der Waals surface area contributed by atoms with Crippen LogP contribution in [-0.4, -0.2) is 22.9 Å². The minimum atomic E-state index is 0.750. The molecule has 3 nitrogen and oxygen atoms in total. The normalized spacial score (nSPS) is 11.3. The lowest BCUT2D eigenvalue weighted by Crippen LogP contribution is -2.20. The van der Waals surface area contributed by atoms with Crippen molar-refractivity contribution in [3.8, 4) is 0 Å². The van der Waals surface area contributed by atoms with Crippen molar-refractivity contribution in [2.24, 2.45) is 13.0 Å². The average Bonchev–Trinajstić information content (AvgIpc) is 2.50. The van der Waals surface area contributed by atoms with E-state index in [9.17, 15) is 0 Å². The molecule has 1 aromatic rings. The summed E-state index contributed by atoms with van der Waals surface area (Å²) in [7, 11) is 2.03. The van der Waals surface area contributed by atoms with Crippen LogP contribution >= 0.6 is 0 Å². The predicted octanol–water partition coefficient (Wildman–Crippen LogP) is 2.30. The van der Waals surface area contributed by atoms with Crippen LogP contribution in [0.5, 0.6) is 0 Å². The molecule has 0 amide bonds. The van der Waals surface area contributed by atoms with Gasteiger partial charge in [-0.3, -0.25) is 4.68 Å². The molecule has 0 unspecified atom stereocenters. The Morgan fingerprint density at radius 1 is 1.38 bits per heavy atom. The largest absolute Gasteiger partial charge is 0.316 e. The Hall–Kier alpha value is -0.830. The molecule has 0 fully saturated rings. The molecule has 3 heteroatoms. The van der Waals surface area contributed by atoms with Gasteiger partial charge in [0.15, 0.2) is 0 Å². The molecule has 16 heavy (non-hydrogen) atoms. The number of nitrogens with zero attached hydrogens (tertiary/aromatic N) is 2. The summed E-state index contributed by atoms with van der Waals surface area (Å²) in [5, 5.41) is 7.82. The lowest BCUT2D eigenvalue weighted by Gasteiger charge is -2.07. The van der Waals surface area contributed by atoms with E-state index in [1.54, 1.807) is 0 Å². The van der Waals surface area contributed by atoms with Crippen molar-refractivity contribution >= 4 is 0 Å². The number of hydrogen-bond donors (Lipinski definition) is 1. The Morgan fingerprint density at radius 3 is 2.69 bits per heavy atom. The van der Waals surface area contributed by atoms with E-state index in [1.165, 1.54) is 18.5 Å². The highest BCUT2D eigenvalue weighted by Gasteiger charge is 2.01. The van der Waals surface area contributed by atoms with Crippen LogP contribution in [0.15, 0.2) is 6.07 Å². The first-order chi connectivity index (χ1) is 7.59. The van der Waals surface area contributed by atoms with Gasteiger partial charge in [0.2, 0.25) is 0 Å². The van der Waals surface area contributed by atoms with Crippen molar-refractivity contribution in [2.75, 3.05) is 13.1 Å². The monoisotopic (exact) mass is 223 g/mol. The number of aromatic nitrogens is 2. The van der Waals surface area contributed by atoms with Gasteiger partial charge in [-0.25, -0.2) is 0 Å². The molecule has 0 atom stereocenters. The van der Waals surface area contributed by atoms with Crippen LogP contribution in [0.2, 0.25) is 0 Å². The van der Waals surface area contributed by atoms with E-state index in [2.05, 4.69) is 30.3 Å². The van der Waals surface area contributed by atoms with Gasteiger partial charge in [0.25, 0.3) is 0 Å². The molecule has 92 valence electrons. The molecule has 0 aliphatic carbocycles. The summed E-state index contributed by atoms with van der Waals surface area (Å²) in [6, 6.07) is 2.18. The quantitative estimate of drug-likeness (QED) is 0.719. The van der Waals surface area contributed by atoms with Crippen molar-refractivity contribution in [3.05, 3.63) is 17.5 Å². The first kappa shape index (κ1) is 13.2. The molecule has 0 bridgehead atoms. The van der Waals surface area contributed by atoms with Crippen LogP contribution in [0.3, 0.4) is 0 Å². The Labute approximate surface area is 99.2 Å². The predicted molar refractivity (Wildman–Crippen MR) is 68.6 cm³/mol. The first-order valence-corrected chi connectivity index (χ1v) is 6.30. The van der Waals surface area contributed by atoms with Crippen molar-refractivity contribution in [2.45, 2.75) is 40.0 Å². The van der Waals surface area contributed by atoms with Gasteiger partial charge in [-0.15, -0.1) is 0 Å². The highest BCUT2D eigenvalue weighted by atomic mass is 15.3. The second kappa shape index (κ2) is 6.69. The van der Waals surface area contributed by atoms with E-state index in [0.717, 1.165) is 31.1 Å². The van der Waals surface area contributed by atoms with Gasteiger partial charge in [-0.2, -0.15) is 5.10 Å². The summed E-state index contributed by atoms with van der Waals surface area (Å²) in [6.45, 7) is 8.80. The van der Waals surface area contributed by atoms with Crippen LogP contribution < -0.4 is 5.32 Å². The SMILES string of the molecule is Cc1cc(CCCCNCC(C)C)n(C)n1. The molecule has 0 saturated heterocycles. The molecule has 1 rings (SSSR count). The van der Waals surface area contributed by atoms with Crippen LogP contribution in [0.25, 0.3) is 0 Å². The van der Waals surface area contributed by atoms with Gasteiger partial charge in [0, 0.05) is 12.7 Å². The fourth-order valence-corrected chi connectivity index (χ4v) is 1.85. The number of nitrogens with one attached hydrogen (secondary N) is 1. The third kappa shape index (κ3) is 4.79. The number of hydrogen-bond acceptors (Lipinski definition) is 2. The Kier molecular flexibility index (Phi) is 5.53. The van der Waals surface area contributed by atoms with Gasteiger partial charge in [-0.1, -0.05) is 13.8 Å². The lowest BCUT2D eigenvalue weighted by molar-refractivity contribution is 0.532. The first-order valence-electron chi connectivity index (χ1n) is 6.30. The molecule has 1 N–H and O–H groups in total. The third-order valence-electron chi connectivity index (χ3n) is 2.69. The van der Waals surface area contributed by atoms with Crippen molar-refractivity contribution in [1.29, 1.82) is 0 Å². The summed E-state index contributed by atoms with van der Waals surface area (Å²) in [4.78, 5) is 0. The number of rotatable bonds is 7. The zero-order chi connectivity index (χ0) is 12.0. The van der Waals surface area contributed by atoms with Crippen LogP contribution in [0.4, 0.5) is 0 Å². The highest BCUT2D eigenvalue weighted by molar-refractivity contribution is 5.08. The van der Waals surface area contributed by atoms with E-state index in [0.29, 0.717) is 0 Å². The van der Waals surface area contributed by atoms with E-state index >= 15 is 0 Å². The van der Waals surface area contributed by atoms with Crippen LogP contribution in [0, 0.1) is 12.8 Å². The van der Waals surface area contributed by atoms with Crippen LogP contribution in [-0.2, 0) is 13.5 Å². The Balaban J connectivity index is 2.09. The average molecular weight is 223 g/mol. The molecule has 1 aromatic heterocycles. The van der Waals surface area contributed by atoms with Crippen molar-refractivity contribution in [3.63, 3.8) is 0 Å². The molecular weight excluding hydrogens is 198 g/mol. The van der Waals surface area contributed by atoms with E-state index in [1.807, 2.05) is 18.7 Å². The fraction of sp³-hybridized carbons (Fsp3) is 0.769. The molecular formula is C13H25N3. The number of unbranched alkanes of at least 4 members (excludes halogenated alkanes) is 1. The maximum Gasteiger partial charge on any atom is 0.0596 e. The standard InChI is InChI=1S/C13H25N3/c1-11(2)10-14-8-6-5-7-13-9-12(3)15-16(13)4/h9,11,14H,5-8,10H2,1-4H3. The summed E-state index contributed by atoms with van der Waals surface area (Å²) >= 11 is 0. The van der Waals surface area contributed by atoms with Gasteiger partial charge in [0.1, 0.15) is 0 Å². The third-order valence-corrected chi connectivity index (χ3v) is 2.69. The highest BCUT2D eigenvalue weighted by Crippen LogP contribution is 2.06. The molecule has 0 saturated carbocycles. The Bertz CT molecular complexity index is 302. The summed E-state index contributed by atoms with van der Waals surface area (Å²) in [5.41, 5.74) is 2.47. The maximum absolute atomic E-state index is 4.35. The summed E-state index contributed by atoms with van der Waals surface area (Å²) in [5.74, 6) is 0.750. The lowest BCUT2D eigenvalue weighted by atomic mass is 10.1. The van der Waals surface area contributed by atoms with Gasteiger partial charge in [0.05, 0.1) is 5.69 Å². The number of aryl methyl sites for hydroxylation is 3. The molecule has 0 aromatic carbocycles. The van der Waals surface area contributed by atoms with Gasteiger partial charge >= 0.3 is 0 Å². The molecule has 0 radical (unpaired) electrons. The minimum Gasteiger partial charge on any atom is -0.316 e. The smallest absolute Gasteiger partial charge is 0.0596 e. The topological polar surface area (TPSA) is 29.9 Å². The molecule has 0 spiro atoms. The van der Waals surface area contributed by atoms with Crippen LogP contribution in [0.1, 0.15) is 38.1 Å². The minimum absolute atomic E-state index is 0.750.